The molecule has 1 saturated carbocycles. The van der Waals surface area contributed by atoms with E-state index in [-0.39, 0.29) is 36.6 Å². The quantitative estimate of drug-likeness (QED) is 0.324. The van der Waals surface area contributed by atoms with Crippen LogP contribution in [-0.2, 0) is 22.6 Å². The van der Waals surface area contributed by atoms with Gasteiger partial charge < -0.3 is 15.0 Å². The van der Waals surface area contributed by atoms with Gasteiger partial charge in [-0.15, -0.1) is 0 Å². The summed E-state index contributed by atoms with van der Waals surface area (Å²) in [6, 6.07) is 24.8. The average molecular weight is 503 g/mol. The minimum absolute atomic E-state index is 0.122. The summed E-state index contributed by atoms with van der Waals surface area (Å²) in [6.07, 6.45) is 5.32. The third-order valence-electron chi connectivity index (χ3n) is 6.79. The zero-order chi connectivity index (χ0) is 25.9. The van der Waals surface area contributed by atoms with Crippen molar-refractivity contribution in [2.75, 3.05) is 6.61 Å². The van der Waals surface area contributed by atoms with Crippen LogP contribution in [0.3, 0.4) is 0 Å². The van der Waals surface area contributed by atoms with E-state index >= 15 is 0 Å². The monoisotopic (exact) mass is 502 g/mol. The number of hydrogen-bond acceptors (Lipinski definition) is 3. The first-order chi connectivity index (χ1) is 18.1. The second-order valence-electron chi connectivity index (χ2n) is 9.61. The number of ether oxygens (including phenoxy) is 1. The molecular formula is C31H35FN2O3. The van der Waals surface area contributed by atoms with Gasteiger partial charge in [-0.2, -0.15) is 0 Å². The van der Waals surface area contributed by atoms with Gasteiger partial charge in [0.05, 0.1) is 6.61 Å². The Hall–Kier alpha value is -3.67. The van der Waals surface area contributed by atoms with E-state index in [1.165, 1.54) is 12.1 Å². The summed E-state index contributed by atoms with van der Waals surface area (Å²) in [5.41, 5.74) is 1.76. The molecule has 0 aromatic heterocycles. The molecule has 1 N–H and O–H groups in total. The lowest BCUT2D eigenvalue weighted by atomic mass is 10.0. The molecule has 6 heteroatoms. The van der Waals surface area contributed by atoms with Crippen LogP contribution in [0, 0.1) is 5.82 Å². The first-order valence-corrected chi connectivity index (χ1v) is 13.1. The fraction of sp³-hybridized carbons (Fsp3) is 0.355. The highest BCUT2D eigenvalue weighted by atomic mass is 19.1. The molecule has 0 heterocycles. The van der Waals surface area contributed by atoms with Crippen molar-refractivity contribution < 1.29 is 18.7 Å². The van der Waals surface area contributed by atoms with E-state index in [4.69, 9.17) is 4.74 Å². The third-order valence-corrected chi connectivity index (χ3v) is 6.79. The van der Waals surface area contributed by atoms with Gasteiger partial charge in [0.1, 0.15) is 17.6 Å². The van der Waals surface area contributed by atoms with Crippen molar-refractivity contribution in [3.63, 3.8) is 0 Å². The van der Waals surface area contributed by atoms with Crippen LogP contribution in [0.15, 0.2) is 84.9 Å². The van der Waals surface area contributed by atoms with Gasteiger partial charge in [-0.1, -0.05) is 73.5 Å². The van der Waals surface area contributed by atoms with Crippen molar-refractivity contribution >= 4 is 11.8 Å². The van der Waals surface area contributed by atoms with Crippen LogP contribution in [-0.4, -0.2) is 35.4 Å². The summed E-state index contributed by atoms with van der Waals surface area (Å²) in [7, 11) is 0. The SMILES string of the molecule is O=C(NC1CCCC1)[C@@H](Cc1ccccc1)N(Cc1ccc(F)cc1)C(=O)CCCOc1ccccc1. The molecule has 3 aromatic rings. The van der Waals surface area contributed by atoms with Crippen LogP contribution < -0.4 is 10.1 Å². The lowest BCUT2D eigenvalue weighted by Crippen LogP contribution is -2.52. The van der Waals surface area contributed by atoms with E-state index in [0.29, 0.717) is 19.4 Å². The van der Waals surface area contributed by atoms with E-state index in [1.54, 1.807) is 17.0 Å². The van der Waals surface area contributed by atoms with Crippen molar-refractivity contribution in [2.24, 2.45) is 0 Å². The number of carbonyl (C=O) groups is 2. The van der Waals surface area contributed by atoms with Gasteiger partial charge in [-0.05, 0) is 54.7 Å². The highest BCUT2D eigenvalue weighted by molar-refractivity contribution is 5.88. The largest absolute Gasteiger partial charge is 0.494 e. The minimum atomic E-state index is -0.671. The summed E-state index contributed by atoms with van der Waals surface area (Å²) in [5.74, 6) is 0.172. The Balaban J connectivity index is 1.52. The van der Waals surface area contributed by atoms with E-state index in [1.807, 2.05) is 60.7 Å². The van der Waals surface area contributed by atoms with Crippen molar-refractivity contribution in [3.05, 3.63) is 102 Å². The summed E-state index contributed by atoms with van der Waals surface area (Å²) < 4.78 is 19.3. The van der Waals surface area contributed by atoms with Gasteiger partial charge in [0.15, 0.2) is 0 Å². The molecule has 0 spiro atoms. The molecule has 4 rings (SSSR count). The topological polar surface area (TPSA) is 58.6 Å². The van der Waals surface area contributed by atoms with E-state index in [0.717, 1.165) is 42.6 Å². The maximum absolute atomic E-state index is 13.6. The Labute approximate surface area is 218 Å². The summed E-state index contributed by atoms with van der Waals surface area (Å²) in [4.78, 5) is 28.9. The number of benzene rings is 3. The van der Waals surface area contributed by atoms with Gasteiger partial charge in [0.25, 0.3) is 0 Å². The van der Waals surface area contributed by atoms with Crippen molar-refractivity contribution in [3.8, 4) is 5.75 Å². The van der Waals surface area contributed by atoms with Crippen LogP contribution >= 0.6 is 0 Å². The molecule has 194 valence electrons. The summed E-state index contributed by atoms with van der Waals surface area (Å²) in [5, 5.41) is 3.20. The van der Waals surface area contributed by atoms with Crippen LogP contribution in [0.2, 0.25) is 0 Å². The highest BCUT2D eigenvalue weighted by Crippen LogP contribution is 2.21. The number of nitrogens with zero attached hydrogens (tertiary/aromatic N) is 1. The molecule has 0 radical (unpaired) electrons. The normalized spacial score (nSPS) is 14.2. The van der Waals surface area contributed by atoms with Crippen LogP contribution in [0.1, 0.15) is 49.7 Å². The number of para-hydroxylation sites is 1. The predicted octanol–water partition coefficient (Wildman–Crippen LogP) is 5.68. The van der Waals surface area contributed by atoms with Crippen molar-refractivity contribution in [1.82, 2.24) is 10.2 Å². The van der Waals surface area contributed by atoms with Crippen LogP contribution in [0.4, 0.5) is 4.39 Å². The van der Waals surface area contributed by atoms with Gasteiger partial charge >= 0.3 is 0 Å². The first-order valence-electron chi connectivity index (χ1n) is 13.1. The van der Waals surface area contributed by atoms with Gasteiger partial charge in [-0.3, -0.25) is 9.59 Å². The van der Waals surface area contributed by atoms with Crippen molar-refractivity contribution in [1.29, 1.82) is 0 Å². The molecular weight excluding hydrogens is 467 g/mol. The Morgan fingerprint density at radius 3 is 2.22 bits per heavy atom. The number of halogens is 1. The molecule has 2 amide bonds. The first kappa shape index (κ1) is 26.4. The van der Waals surface area contributed by atoms with Gasteiger partial charge in [-0.25, -0.2) is 4.39 Å². The number of rotatable bonds is 12. The maximum atomic E-state index is 13.6. The van der Waals surface area contributed by atoms with Crippen molar-refractivity contribution in [2.45, 2.75) is 63.6 Å². The van der Waals surface area contributed by atoms with Crippen LogP contribution in [0.25, 0.3) is 0 Å². The fourth-order valence-corrected chi connectivity index (χ4v) is 4.78. The molecule has 1 aliphatic carbocycles. The molecule has 0 aliphatic heterocycles. The van der Waals surface area contributed by atoms with Crippen LogP contribution in [0.5, 0.6) is 5.75 Å². The Morgan fingerprint density at radius 1 is 0.892 bits per heavy atom. The maximum Gasteiger partial charge on any atom is 0.243 e. The van der Waals surface area contributed by atoms with E-state index in [9.17, 15) is 14.0 Å². The molecule has 0 bridgehead atoms. The molecule has 0 unspecified atom stereocenters. The summed E-state index contributed by atoms with van der Waals surface area (Å²) >= 11 is 0. The predicted molar refractivity (Wildman–Crippen MR) is 142 cm³/mol. The average Bonchev–Trinajstić information content (AvgIpc) is 3.44. The molecule has 0 saturated heterocycles. The van der Waals surface area contributed by atoms with Gasteiger partial charge in [0, 0.05) is 25.4 Å². The zero-order valence-electron chi connectivity index (χ0n) is 21.2. The molecule has 37 heavy (non-hydrogen) atoms. The lowest BCUT2D eigenvalue weighted by molar-refractivity contribution is -0.141. The molecule has 1 fully saturated rings. The van der Waals surface area contributed by atoms with E-state index < -0.39 is 6.04 Å². The molecule has 1 aliphatic rings. The Bertz CT molecular complexity index is 1120. The van der Waals surface area contributed by atoms with E-state index in [2.05, 4.69) is 5.32 Å². The standard InChI is InChI=1S/C31H35FN2O3/c32-26-19-17-25(18-20-26)23-34(30(35)16-9-21-37-28-14-5-2-6-15-28)29(22-24-10-3-1-4-11-24)31(36)33-27-12-7-8-13-27/h1-6,10-11,14-15,17-20,27,29H,7-9,12-13,16,21-23H2,(H,33,36)/t29-/m1/s1. The number of hydrogen-bond donors (Lipinski definition) is 1. The second-order valence-corrected chi connectivity index (χ2v) is 9.61. The second kappa shape index (κ2) is 13.6. The summed E-state index contributed by atoms with van der Waals surface area (Å²) in [6.45, 7) is 0.631. The number of nitrogens with one attached hydrogen (secondary N) is 1. The Kier molecular flexibility index (Phi) is 9.69. The number of carbonyl (C=O) groups excluding carboxylic acids is 2. The smallest absolute Gasteiger partial charge is 0.243 e. The molecule has 3 aromatic carbocycles. The Morgan fingerprint density at radius 2 is 1.54 bits per heavy atom. The van der Waals surface area contributed by atoms with Gasteiger partial charge in [0.2, 0.25) is 11.8 Å². The molecule has 1 atom stereocenters. The fourth-order valence-electron chi connectivity index (χ4n) is 4.78. The lowest BCUT2D eigenvalue weighted by Gasteiger charge is -2.32. The third kappa shape index (κ3) is 8.17. The zero-order valence-corrected chi connectivity index (χ0v) is 21.2. The minimum Gasteiger partial charge on any atom is -0.494 e. The highest BCUT2D eigenvalue weighted by Gasteiger charge is 2.32. The molecule has 5 nitrogen and oxygen atoms in total. The number of amides is 2.